The minimum Gasteiger partial charge on any atom is -0.373 e. The largest absolute Gasteiger partial charge is 0.373 e. The molecule has 70 valence electrons. The van der Waals surface area contributed by atoms with Crippen LogP contribution in [-0.2, 0) is 4.79 Å². The van der Waals surface area contributed by atoms with E-state index in [9.17, 15) is 4.79 Å². The normalized spacial score (nSPS) is 9.62. The number of nitrogens with one attached hydrogen (secondary N) is 1. The van der Waals surface area contributed by atoms with Gasteiger partial charge in [0.2, 0.25) is 5.91 Å². The number of carbonyl (C=O) groups excluding carboxylic acids is 1. The quantitative estimate of drug-likeness (QED) is 0.697. The van der Waals surface area contributed by atoms with Gasteiger partial charge in [-0.25, -0.2) is 4.98 Å². The second-order valence-electron chi connectivity index (χ2n) is 2.37. The molecule has 1 amide bonds. The van der Waals surface area contributed by atoms with Gasteiger partial charge in [0.05, 0.1) is 10.8 Å². The Morgan fingerprint density at radius 2 is 2.46 bits per heavy atom. The molecule has 0 aromatic carbocycles. The third-order valence-corrected chi connectivity index (χ3v) is 2.29. The maximum Gasteiger partial charge on any atom is 0.227 e. The Bertz CT molecular complexity index is 303. The molecule has 0 saturated carbocycles. The molecule has 4 nitrogen and oxygen atoms in total. The van der Waals surface area contributed by atoms with E-state index in [2.05, 4.69) is 10.3 Å². The first-order chi connectivity index (χ1) is 6.22. The number of carbonyl (C=O) groups is 1. The van der Waals surface area contributed by atoms with Gasteiger partial charge in [0.15, 0.2) is 0 Å². The van der Waals surface area contributed by atoms with Crippen molar-refractivity contribution in [1.29, 1.82) is 0 Å². The lowest BCUT2D eigenvalue weighted by Gasteiger charge is -2.01. The Morgan fingerprint density at radius 1 is 1.69 bits per heavy atom. The average Bonchev–Trinajstić information content (AvgIpc) is 2.15. The summed E-state index contributed by atoms with van der Waals surface area (Å²) in [4.78, 5) is 14.7. The summed E-state index contributed by atoms with van der Waals surface area (Å²) in [6.07, 6.45) is 0. The Kier molecular flexibility index (Phi) is 3.57. The van der Waals surface area contributed by atoms with Crippen molar-refractivity contribution in [2.75, 3.05) is 18.1 Å². The van der Waals surface area contributed by atoms with Gasteiger partial charge < -0.3 is 11.1 Å². The summed E-state index contributed by atoms with van der Waals surface area (Å²) in [5, 5.41) is 3.71. The Labute approximate surface area is 80.9 Å². The third-order valence-electron chi connectivity index (χ3n) is 1.34. The standard InChI is InChI=1S/C8H11N3OS/c1-10-7-3-2-4-8(11-7)13-5-6(9)12/h2-4H,5H2,1H3,(H2,9,12)(H,10,11). The number of thioether (sulfide) groups is 1. The molecule has 0 bridgehead atoms. The summed E-state index contributed by atoms with van der Waals surface area (Å²) in [6, 6.07) is 5.57. The van der Waals surface area contributed by atoms with Crippen molar-refractivity contribution in [3.8, 4) is 0 Å². The van der Waals surface area contributed by atoms with Gasteiger partial charge in [0, 0.05) is 7.05 Å². The zero-order chi connectivity index (χ0) is 9.68. The fourth-order valence-corrected chi connectivity index (χ4v) is 1.41. The fourth-order valence-electron chi connectivity index (χ4n) is 0.780. The second kappa shape index (κ2) is 4.71. The van der Waals surface area contributed by atoms with Crippen LogP contribution in [0.3, 0.4) is 0 Å². The molecular formula is C8H11N3OS. The van der Waals surface area contributed by atoms with Crippen LogP contribution in [0.1, 0.15) is 0 Å². The molecule has 0 radical (unpaired) electrons. The van der Waals surface area contributed by atoms with Crippen LogP contribution >= 0.6 is 11.8 Å². The molecule has 1 aromatic heterocycles. The topological polar surface area (TPSA) is 68.0 Å². The maximum atomic E-state index is 10.5. The van der Waals surface area contributed by atoms with E-state index in [0.29, 0.717) is 0 Å². The first kappa shape index (κ1) is 9.85. The van der Waals surface area contributed by atoms with Crippen molar-refractivity contribution in [2.45, 2.75) is 5.03 Å². The molecule has 13 heavy (non-hydrogen) atoms. The summed E-state index contributed by atoms with van der Waals surface area (Å²) in [6.45, 7) is 0. The monoisotopic (exact) mass is 197 g/mol. The first-order valence-corrected chi connectivity index (χ1v) is 4.77. The number of hydrogen-bond donors (Lipinski definition) is 2. The van der Waals surface area contributed by atoms with E-state index in [1.807, 2.05) is 18.2 Å². The number of nitrogens with two attached hydrogens (primary N) is 1. The lowest BCUT2D eigenvalue weighted by molar-refractivity contribution is -0.115. The minimum atomic E-state index is -0.332. The summed E-state index contributed by atoms with van der Waals surface area (Å²) < 4.78 is 0. The Balaban J connectivity index is 2.61. The maximum absolute atomic E-state index is 10.5. The number of hydrogen-bond acceptors (Lipinski definition) is 4. The molecule has 0 fully saturated rings. The van der Waals surface area contributed by atoms with Crippen LogP contribution in [0.15, 0.2) is 23.2 Å². The van der Waals surface area contributed by atoms with Gasteiger partial charge >= 0.3 is 0 Å². The average molecular weight is 197 g/mol. The minimum absolute atomic E-state index is 0.264. The number of primary amides is 1. The van der Waals surface area contributed by atoms with E-state index in [4.69, 9.17) is 5.73 Å². The highest BCUT2D eigenvalue weighted by Crippen LogP contribution is 2.16. The molecule has 1 aromatic rings. The van der Waals surface area contributed by atoms with Crippen LogP contribution in [-0.4, -0.2) is 23.7 Å². The van der Waals surface area contributed by atoms with Crippen LogP contribution in [0, 0.1) is 0 Å². The lowest BCUT2D eigenvalue weighted by atomic mass is 10.5. The van der Waals surface area contributed by atoms with Gasteiger partial charge in [0.1, 0.15) is 5.82 Å². The van der Waals surface area contributed by atoms with Crippen LogP contribution in [0.5, 0.6) is 0 Å². The van der Waals surface area contributed by atoms with Crippen LogP contribution < -0.4 is 11.1 Å². The smallest absolute Gasteiger partial charge is 0.227 e. The summed E-state index contributed by atoms with van der Waals surface area (Å²) >= 11 is 1.33. The van der Waals surface area contributed by atoms with E-state index in [1.54, 1.807) is 7.05 Å². The van der Waals surface area contributed by atoms with Gasteiger partial charge in [0.25, 0.3) is 0 Å². The number of pyridine rings is 1. The molecule has 0 unspecified atom stereocenters. The molecule has 1 heterocycles. The molecule has 5 heteroatoms. The zero-order valence-electron chi connectivity index (χ0n) is 7.28. The summed E-state index contributed by atoms with van der Waals surface area (Å²) in [5.74, 6) is 0.719. The van der Waals surface area contributed by atoms with Crippen molar-refractivity contribution in [2.24, 2.45) is 5.73 Å². The predicted molar refractivity (Wildman–Crippen MR) is 53.7 cm³/mol. The highest BCUT2D eigenvalue weighted by Gasteiger charge is 1.99. The van der Waals surface area contributed by atoms with Gasteiger partial charge in [-0.05, 0) is 12.1 Å². The van der Waals surface area contributed by atoms with Crippen molar-refractivity contribution in [1.82, 2.24) is 4.98 Å². The molecule has 3 N–H and O–H groups in total. The number of aromatic nitrogens is 1. The van der Waals surface area contributed by atoms with E-state index in [-0.39, 0.29) is 11.7 Å². The third kappa shape index (κ3) is 3.33. The van der Waals surface area contributed by atoms with Crippen molar-refractivity contribution in [3.63, 3.8) is 0 Å². The van der Waals surface area contributed by atoms with Gasteiger partial charge in [-0.2, -0.15) is 0 Å². The van der Waals surface area contributed by atoms with E-state index < -0.39 is 0 Å². The van der Waals surface area contributed by atoms with Crippen LogP contribution in [0.25, 0.3) is 0 Å². The van der Waals surface area contributed by atoms with Crippen molar-refractivity contribution < 1.29 is 4.79 Å². The molecule has 0 aliphatic rings. The summed E-state index contributed by atoms with van der Waals surface area (Å²) in [7, 11) is 1.80. The second-order valence-corrected chi connectivity index (χ2v) is 3.36. The molecule has 0 saturated heterocycles. The van der Waals surface area contributed by atoms with Crippen LogP contribution in [0.2, 0.25) is 0 Å². The van der Waals surface area contributed by atoms with Gasteiger partial charge in [-0.3, -0.25) is 4.79 Å². The number of rotatable bonds is 4. The number of nitrogens with zero attached hydrogens (tertiary/aromatic N) is 1. The molecule has 1 rings (SSSR count). The molecule has 0 spiro atoms. The first-order valence-electron chi connectivity index (χ1n) is 3.78. The fraction of sp³-hybridized carbons (Fsp3) is 0.250. The number of anilines is 1. The van der Waals surface area contributed by atoms with Crippen LogP contribution in [0.4, 0.5) is 5.82 Å². The van der Waals surface area contributed by atoms with E-state index in [0.717, 1.165) is 10.8 Å². The molecule has 0 atom stereocenters. The van der Waals surface area contributed by atoms with Gasteiger partial charge in [-0.15, -0.1) is 0 Å². The molecule has 0 aliphatic carbocycles. The van der Waals surface area contributed by atoms with E-state index >= 15 is 0 Å². The molecular weight excluding hydrogens is 186 g/mol. The lowest BCUT2D eigenvalue weighted by Crippen LogP contribution is -2.13. The van der Waals surface area contributed by atoms with Crippen molar-refractivity contribution in [3.05, 3.63) is 18.2 Å². The summed E-state index contributed by atoms with van der Waals surface area (Å²) in [5.41, 5.74) is 5.01. The van der Waals surface area contributed by atoms with Crippen molar-refractivity contribution >= 4 is 23.5 Å². The Morgan fingerprint density at radius 3 is 3.08 bits per heavy atom. The zero-order valence-corrected chi connectivity index (χ0v) is 8.10. The van der Waals surface area contributed by atoms with Gasteiger partial charge in [-0.1, -0.05) is 17.8 Å². The highest BCUT2D eigenvalue weighted by atomic mass is 32.2. The molecule has 0 aliphatic heterocycles. The SMILES string of the molecule is CNc1cccc(SCC(N)=O)n1. The highest BCUT2D eigenvalue weighted by molar-refractivity contribution is 7.99. The predicted octanol–water partition coefficient (Wildman–Crippen LogP) is 0.701. The number of amides is 1. The van der Waals surface area contributed by atoms with E-state index in [1.165, 1.54) is 11.8 Å². The Hall–Kier alpha value is -1.23.